The summed E-state index contributed by atoms with van der Waals surface area (Å²) in [5.74, 6) is 0.954. The number of H-pyrrole nitrogens is 1. The molecule has 1 aromatic carbocycles. The van der Waals surface area contributed by atoms with E-state index in [4.69, 9.17) is 9.47 Å². The molecule has 0 spiro atoms. The van der Waals surface area contributed by atoms with Gasteiger partial charge in [0, 0.05) is 19.5 Å². The smallest absolute Gasteiger partial charge is 0.232 e. The number of aromatic nitrogens is 3. The summed E-state index contributed by atoms with van der Waals surface area (Å²) in [7, 11) is 3.17. The summed E-state index contributed by atoms with van der Waals surface area (Å²) in [6.07, 6.45) is 2.18. The zero-order valence-corrected chi connectivity index (χ0v) is 14.7. The Morgan fingerprint density at radius 1 is 1.35 bits per heavy atom. The first-order chi connectivity index (χ1) is 12.6. The van der Waals surface area contributed by atoms with Crippen molar-refractivity contribution in [2.75, 3.05) is 32.6 Å². The van der Waals surface area contributed by atoms with E-state index in [2.05, 4.69) is 20.5 Å². The van der Waals surface area contributed by atoms with E-state index in [-0.39, 0.29) is 24.2 Å². The van der Waals surface area contributed by atoms with Gasteiger partial charge >= 0.3 is 0 Å². The van der Waals surface area contributed by atoms with Crippen LogP contribution in [0.5, 0.6) is 11.5 Å². The van der Waals surface area contributed by atoms with Crippen LogP contribution in [0.25, 0.3) is 0 Å². The molecule has 2 N–H and O–H groups in total. The highest BCUT2D eigenvalue weighted by molar-refractivity contribution is 5.96. The van der Waals surface area contributed by atoms with Gasteiger partial charge in [-0.1, -0.05) is 6.07 Å². The second-order valence-corrected chi connectivity index (χ2v) is 6.00. The van der Waals surface area contributed by atoms with Crippen LogP contribution in [0, 0.1) is 5.92 Å². The average Bonchev–Trinajstić information content (AvgIpc) is 3.29. The molecule has 3 rings (SSSR count). The number of rotatable bonds is 7. The fourth-order valence-electron chi connectivity index (χ4n) is 2.95. The van der Waals surface area contributed by atoms with Gasteiger partial charge in [0.05, 0.1) is 20.1 Å². The molecule has 0 bridgehead atoms. The fraction of sp³-hybridized carbons (Fsp3) is 0.412. The van der Waals surface area contributed by atoms with E-state index in [0.717, 1.165) is 5.56 Å². The Morgan fingerprint density at radius 2 is 2.15 bits per heavy atom. The van der Waals surface area contributed by atoms with Crippen LogP contribution in [-0.4, -0.2) is 59.2 Å². The first-order valence-corrected chi connectivity index (χ1v) is 8.25. The Balaban J connectivity index is 1.55. The van der Waals surface area contributed by atoms with E-state index in [0.29, 0.717) is 31.0 Å². The SMILES string of the molecule is COc1ccc(CCN2CC(C(=O)Nc3ncn[nH]3)CC2=O)cc1OC. The molecule has 2 heterocycles. The van der Waals surface area contributed by atoms with E-state index in [1.54, 1.807) is 19.1 Å². The molecular formula is C17H21N5O4. The van der Waals surface area contributed by atoms with Gasteiger partial charge in [0.25, 0.3) is 0 Å². The predicted octanol–water partition coefficient (Wildman–Crippen LogP) is 0.852. The first kappa shape index (κ1) is 17.7. The normalized spacial score (nSPS) is 16.6. The quantitative estimate of drug-likeness (QED) is 0.759. The molecule has 1 unspecified atom stereocenters. The van der Waals surface area contributed by atoms with Gasteiger partial charge in [-0.2, -0.15) is 10.1 Å². The zero-order chi connectivity index (χ0) is 18.5. The van der Waals surface area contributed by atoms with Crippen LogP contribution in [0.15, 0.2) is 24.5 Å². The molecular weight excluding hydrogens is 338 g/mol. The molecule has 9 heteroatoms. The van der Waals surface area contributed by atoms with Crippen LogP contribution in [-0.2, 0) is 16.0 Å². The molecule has 2 aromatic rings. The summed E-state index contributed by atoms with van der Waals surface area (Å²) in [5.41, 5.74) is 1.03. The molecule has 26 heavy (non-hydrogen) atoms. The summed E-state index contributed by atoms with van der Waals surface area (Å²) in [4.78, 5) is 30.0. The van der Waals surface area contributed by atoms with E-state index in [1.165, 1.54) is 6.33 Å². The largest absolute Gasteiger partial charge is 0.493 e. The molecule has 138 valence electrons. The fourth-order valence-corrected chi connectivity index (χ4v) is 2.95. The molecule has 1 aliphatic rings. The van der Waals surface area contributed by atoms with Crippen molar-refractivity contribution in [1.82, 2.24) is 20.1 Å². The van der Waals surface area contributed by atoms with Crippen LogP contribution in [0.1, 0.15) is 12.0 Å². The molecule has 1 saturated heterocycles. The lowest BCUT2D eigenvalue weighted by molar-refractivity contribution is -0.128. The minimum absolute atomic E-state index is 0.0248. The number of amides is 2. The maximum atomic E-state index is 12.2. The van der Waals surface area contributed by atoms with E-state index in [9.17, 15) is 9.59 Å². The van der Waals surface area contributed by atoms with Crippen molar-refractivity contribution in [3.05, 3.63) is 30.1 Å². The number of hydrogen-bond donors (Lipinski definition) is 2. The topological polar surface area (TPSA) is 109 Å². The highest BCUT2D eigenvalue weighted by Gasteiger charge is 2.34. The number of aromatic amines is 1. The monoisotopic (exact) mass is 359 g/mol. The Labute approximate surface area is 150 Å². The van der Waals surface area contributed by atoms with Gasteiger partial charge in [-0.25, -0.2) is 5.10 Å². The Hall–Kier alpha value is -3.10. The third-order valence-corrected chi connectivity index (χ3v) is 4.36. The van der Waals surface area contributed by atoms with E-state index < -0.39 is 5.92 Å². The molecule has 1 atom stereocenters. The van der Waals surface area contributed by atoms with Gasteiger partial charge in [0.2, 0.25) is 17.8 Å². The minimum Gasteiger partial charge on any atom is -0.493 e. The second kappa shape index (κ2) is 7.85. The lowest BCUT2D eigenvalue weighted by Crippen LogP contribution is -2.30. The number of ether oxygens (including phenoxy) is 2. The summed E-state index contributed by atoms with van der Waals surface area (Å²) >= 11 is 0. The zero-order valence-electron chi connectivity index (χ0n) is 14.7. The molecule has 2 amide bonds. The lowest BCUT2D eigenvalue weighted by Gasteiger charge is -2.17. The molecule has 0 radical (unpaired) electrons. The van der Waals surface area contributed by atoms with Gasteiger partial charge in [-0.15, -0.1) is 0 Å². The van der Waals surface area contributed by atoms with Crippen LogP contribution >= 0.6 is 0 Å². The minimum atomic E-state index is -0.391. The molecule has 0 saturated carbocycles. The van der Waals surface area contributed by atoms with Crippen molar-refractivity contribution in [1.29, 1.82) is 0 Å². The summed E-state index contributed by atoms with van der Waals surface area (Å²) in [6, 6.07) is 5.68. The highest BCUT2D eigenvalue weighted by atomic mass is 16.5. The van der Waals surface area contributed by atoms with Crippen molar-refractivity contribution in [3.63, 3.8) is 0 Å². The van der Waals surface area contributed by atoms with Gasteiger partial charge in [-0.3, -0.25) is 14.9 Å². The predicted molar refractivity (Wildman–Crippen MR) is 92.9 cm³/mol. The number of likely N-dealkylation sites (tertiary alicyclic amines) is 1. The van der Waals surface area contributed by atoms with Crippen molar-refractivity contribution < 1.29 is 19.1 Å². The van der Waals surface area contributed by atoms with Gasteiger partial charge < -0.3 is 14.4 Å². The molecule has 1 aliphatic heterocycles. The van der Waals surface area contributed by atoms with E-state index in [1.807, 2.05) is 18.2 Å². The number of carbonyl (C=O) groups excluding carboxylic acids is 2. The number of hydrogen-bond acceptors (Lipinski definition) is 6. The number of methoxy groups -OCH3 is 2. The molecule has 1 aromatic heterocycles. The third kappa shape index (κ3) is 3.93. The van der Waals surface area contributed by atoms with Gasteiger partial charge in [0.15, 0.2) is 11.5 Å². The Morgan fingerprint density at radius 3 is 2.85 bits per heavy atom. The van der Waals surface area contributed by atoms with Crippen LogP contribution < -0.4 is 14.8 Å². The molecule has 1 fully saturated rings. The van der Waals surface area contributed by atoms with Crippen molar-refractivity contribution in [3.8, 4) is 11.5 Å². The summed E-state index contributed by atoms with van der Waals surface area (Å²) < 4.78 is 10.5. The Kier molecular flexibility index (Phi) is 5.35. The van der Waals surface area contributed by atoms with Crippen LogP contribution in [0.2, 0.25) is 0 Å². The number of anilines is 1. The summed E-state index contributed by atoms with van der Waals surface area (Å²) in [5, 5.41) is 8.87. The number of nitrogens with one attached hydrogen (secondary N) is 2. The van der Waals surface area contributed by atoms with Gasteiger partial charge in [-0.05, 0) is 24.1 Å². The van der Waals surface area contributed by atoms with Crippen LogP contribution in [0.3, 0.4) is 0 Å². The van der Waals surface area contributed by atoms with Crippen molar-refractivity contribution >= 4 is 17.8 Å². The second-order valence-electron chi connectivity index (χ2n) is 6.00. The standard InChI is InChI=1S/C17H21N5O4/c1-25-13-4-3-11(7-14(13)26-2)5-6-22-9-12(8-15(22)23)16(24)20-17-18-10-19-21-17/h3-4,7,10,12H,5-6,8-9H2,1-2H3,(H2,18,19,20,21,24). The van der Waals surface area contributed by atoms with Crippen LogP contribution in [0.4, 0.5) is 5.95 Å². The number of carbonyl (C=O) groups is 2. The van der Waals surface area contributed by atoms with Crippen molar-refractivity contribution in [2.45, 2.75) is 12.8 Å². The summed E-state index contributed by atoms with van der Waals surface area (Å²) in [6.45, 7) is 0.937. The average molecular weight is 359 g/mol. The first-order valence-electron chi connectivity index (χ1n) is 8.25. The number of benzene rings is 1. The maximum Gasteiger partial charge on any atom is 0.232 e. The lowest BCUT2D eigenvalue weighted by atomic mass is 10.1. The third-order valence-electron chi connectivity index (χ3n) is 4.36. The van der Waals surface area contributed by atoms with E-state index >= 15 is 0 Å². The molecule has 0 aliphatic carbocycles. The maximum absolute atomic E-state index is 12.2. The van der Waals surface area contributed by atoms with Crippen molar-refractivity contribution in [2.24, 2.45) is 5.92 Å². The molecule has 9 nitrogen and oxygen atoms in total. The highest BCUT2D eigenvalue weighted by Crippen LogP contribution is 2.28. The van der Waals surface area contributed by atoms with Gasteiger partial charge in [0.1, 0.15) is 6.33 Å². The number of nitrogens with zero attached hydrogens (tertiary/aromatic N) is 3. The Bertz CT molecular complexity index is 777.